The summed E-state index contributed by atoms with van der Waals surface area (Å²) in [6, 6.07) is 6.41. The van der Waals surface area contributed by atoms with Crippen molar-refractivity contribution >= 4 is 23.9 Å². The van der Waals surface area contributed by atoms with Crippen molar-refractivity contribution in [3.05, 3.63) is 35.4 Å². The number of urea groups is 1. The third-order valence-corrected chi connectivity index (χ3v) is 4.39. The number of nitrogens with one attached hydrogen (secondary N) is 1. The first-order valence-electron chi connectivity index (χ1n) is 8.63. The Morgan fingerprint density at radius 2 is 1.76 bits per heavy atom. The molecule has 0 bridgehead atoms. The van der Waals surface area contributed by atoms with Crippen molar-refractivity contribution < 1.29 is 19.1 Å². The Morgan fingerprint density at radius 3 is 2.36 bits per heavy atom. The van der Waals surface area contributed by atoms with Crippen LogP contribution in [0.5, 0.6) is 5.75 Å². The van der Waals surface area contributed by atoms with Crippen LogP contribution in [0.15, 0.2) is 29.8 Å². The molecule has 0 aromatic heterocycles. The third kappa shape index (κ3) is 3.73. The largest absolute Gasteiger partial charge is 0.491 e. The molecular formula is C19H22N2O4. The summed E-state index contributed by atoms with van der Waals surface area (Å²) in [6.07, 6.45) is 5.16. The summed E-state index contributed by atoms with van der Waals surface area (Å²) >= 11 is 0. The van der Waals surface area contributed by atoms with Crippen LogP contribution < -0.4 is 10.1 Å². The van der Waals surface area contributed by atoms with Gasteiger partial charge in [-0.2, -0.15) is 0 Å². The highest BCUT2D eigenvalue weighted by Gasteiger charge is 2.40. The van der Waals surface area contributed by atoms with Crippen LogP contribution in [0.3, 0.4) is 0 Å². The van der Waals surface area contributed by atoms with Gasteiger partial charge in [0.25, 0.3) is 11.8 Å². The second-order valence-corrected chi connectivity index (χ2v) is 6.67. The number of imide groups is 2. The lowest BCUT2D eigenvalue weighted by molar-refractivity contribution is -0.131. The Hall–Kier alpha value is -2.63. The van der Waals surface area contributed by atoms with Crippen LogP contribution in [0.25, 0.3) is 6.08 Å². The van der Waals surface area contributed by atoms with E-state index in [4.69, 9.17) is 4.74 Å². The minimum atomic E-state index is -0.647. The van der Waals surface area contributed by atoms with E-state index in [2.05, 4.69) is 5.32 Å². The molecule has 0 unspecified atom stereocenters. The molecule has 1 saturated heterocycles. The fraction of sp³-hybridized carbons (Fsp3) is 0.421. The number of nitrogens with zero attached hydrogens (tertiary/aromatic N) is 1. The highest BCUT2D eigenvalue weighted by molar-refractivity contribution is 6.31. The molecule has 1 aromatic carbocycles. The first-order valence-corrected chi connectivity index (χ1v) is 8.63. The second kappa shape index (κ2) is 7.09. The van der Waals surface area contributed by atoms with E-state index in [0.717, 1.165) is 31.4 Å². The molecule has 3 rings (SSSR count). The van der Waals surface area contributed by atoms with Crippen LogP contribution in [0.4, 0.5) is 4.79 Å². The zero-order chi connectivity index (χ0) is 18.0. The van der Waals surface area contributed by atoms with E-state index in [-0.39, 0.29) is 17.7 Å². The summed E-state index contributed by atoms with van der Waals surface area (Å²) in [4.78, 5) is 38.1. The maximum Gasteiger partial charge on any atom is 0.331 e. The van der Waals surface area contributed by atoms with Crippen molar-refractivity contribution in [2.75, 3.05) is 0 Å². The van der Waals surface area contributed by atoms with E-state index in [1.165, 1.54) is 11.0 Å². The smallest absolute Gasteiger partial charge is 0.331 e. The molecule has 6 heteroatoms. The van der Waals surface area contributed by atoms with Crippen LogP contribution >= 0.6 is 0 Å². The van der Waals surface area contributed by atoms with E-state index in [9.17, 15) is 14.4 Å². The number of rotatable bonds is 4. The summed E-state index contributed by atoms with van der Waals surface area (Å²) in [6.45, 7) is 3.88. The van der Waals surface area contributed by atoms with E-state index in [1.807, 2.05) is 13.8 Å². The van der Waals surface area contributed by atoms with E-state index in [0.29, 0.717) is 5.56 Å². The average molecular weight is 342 g/mol. The molecule has 1 aliphatic heterocycles. The molecule has 2 aliphatic rings. The Bertz CT molecular complexity index is 715. The highest BCUT2D eigenvalue weighted by atomic mass is 16.5. The van der Waals surface area contributed by atoms with Gasteiger partial charge in [0.2, 0.25) is 0 Å². The molecule has 132 valence electrons. The predicted octanol–water partition coefficient (Wildman–Crippen LogP) is 2.88. The molecule has 1 heterocycles. The van der Waals surface area contributed by atoms with Crippen molar-refractivity contribution in [3.63, 3.8) is 0 Å². The Kier molecular flexibility index (Phi) is 4.88. The zero-order valence-corrected chi connectivity index (χ0v) is 14.5. The van der Waals surface area contributed by atoms with E-state index >= 15 is 0 Å². The monoisotopic (exact) mass is 342 g/mol. The van der Waals surface area contributed by atoms with Crippen LogP contribution in [0.1, 0.15) is 45.1 Å². The number of barbiturate groups is 1. The van der Waals surface area contributed by atoms with Crippen molar-refractivity contribution in [2.45, 2.75) is 51.7 Å². The zero-order valence-electron chi connectivity index (χ0n) is 14.5. The van der Waals surface area contributed by atoms with Crippen LogP contribution in [-0.4, -0.2) is 34.9 Å². The first-order chi connectivity index (χ1) is 12.0. The number of hydrogen-bond donors (Lipinski definition) is 1. The summed E-state index contributed by atoms with van der Waals surface area (Å²) in [5, 5.41) is 2.28. The molecule has 6 nitrogen and oxygen atoms in total. The van der Waals surface area contributed by atoms with Gasteiger partial charge in [0.15, 0.2) is 0 Å². The number of ether oxygens (including phenoxy) is 1. The van der Waals surface area contributed by atoms with Crippen molar-refractivity contribution in [1.82, 2.24) is 10.2 Å². The lowest BCUT2D eigenvalue weighted by atomic mass is 10.1. The fourth-order valence-electron chi connectivity index (χ4n) is 3.25. The number of benzene rings is 1. The third-order valence-electron chi connectivity index (χ3n) is 4.39. The fourth-order valence-corrected chi connectivity index (χ4v) is 3.25. The molecule has 0 atom stereocenters. The van der Waals surface area contributed by atoms with Crippen molar-refractivity contribution in [2.24, 2.45) is 0 Å². The van der Waals surface area contributed by atoms with Gasteiger partial charge in [-0.25, -0.2) is 4.79 Å². The van der Waals surface area contributed by atoms with Crippen molar-refractivity contribution in [3.8, 4) is 5.75 Å². The number of amides is 4. The molecule has 4 amide bonds. The van der Waals surface area contributed by atoms with Crippen LogP contribution in [0.2, 0.25) is 0 Å². The number of carbonyl (C=O) groups excluding carboxylic acids is 3. The highest BCUT2D eigenvalue weighted by Crippen LogP contribution is 2.27. The molecule has 25 heavy (non-hydrogen) atoms. The summed E-state index contributed by atoms with van der Waals surface area (Å²) in [5.74, 6) is -0.436. The average Bonchev–Trinajstić information content (AvgIpc) is 3.06. The topological polar surface area (TPSA) is 75.7 Å². The number of carbonyl (C=O) groups is 3. The Labute approximate surface area is 146 Å². The Morgan fingerprint density at radius 1 is 1.12 bits per heavy atom. The quantitative estimate of drug-likeness (QED) is 0.674. The predicted molar refractivity (Wildman–Crippen MR) is 92.8 cm³/mol. The van der Waals surface area contributed by atoms with Gasteiger partial charge < -0.3 is 4.74 Å². The summed E-state index contributed by atoms with van der Waals surface area (Å²) in [7, 11) is 0. The normalized spacial score (nSPS) is 20.5. The lowest BCUT2D eigenvalue weighted by Gasteiger charge is -2.31. The maximum absolute atomic E-state index is 12.7. The minimum Gasteiger partial charge on any atom is -0.491 e. The molecule has 1 aliphatic carbocycles. The summed E-state index contributed by atoms with van der Waals surface area (Å²) in [5.41, 5.74) is 0.694. The molecule has 1 saturated carbocycles. The van der Waals surface area contributed by atoms with E-state index < -0.39 is 17.8 Å². The SMILES string of the molecule is CC(C)Oc1ccc(/C=C2\C(=O)NC(=O)N(C3CCCC3)C2=O)cc1. The van der Waals surface area contributed by atoms with Gasteiger partial charge in [-0.3, -0.25) is 19.8 Å². The van der Waals surface area contributed by atoms with Gasteiger partial charge in [-0.05, 0) is 50.5 Å². The molecule has 2 fully saturated rings. The maximum atomic E-state index is 12.7. The molecule has 1 aromatic rings. The van der Waals surface area contributed by atoms with Crippen LogP contribution in [-0.2, 0) is 9.59 Å². The molecule has 1 N–H and O–H groups in total. The molecule has 0 spiro atoms. The minimum absolute atomic E-state index is 0.0102. The van der Waals surface area contributed by atoms with E-state index in [1.54, 1.807) is 24.3 Å². The lowest BCUT2D eigenvalue weighted by Crippen LogP contribution is -2.57. The first kappa shape index (κ1) is 17.2. The van der Waals surface area contributed by atoms with Gasteiger partial charge in [-0.1, -0.05) is 25.0 Å². The number of hydrogen-bond acceptors (Lipinski definition) is 4. The Balaban J connectivity index is 1.83. The standard InChI is InChI=1S/C19H22N2O4/c1-12(2)25-15-9-7-13(8-10-15)11-16-17(22)20-19(24)21(18(16)23)14-5-3-4-6-14/h7-12,14H,3-6H2,1-2H3,(H,20,22,24)/b16-11+. The van der Waals surface area contributed by atoms with Crippen LogP contribution in [0, 0.1) is 0 Å². The van der Waals surface area contributed by atoms with Crippen molar-refractivity contribution in [1.29, 1.82) is 0 Å². The van der Waals surface area contributed by atoms with Gasteiger partial charge in [-0.15, -0.1) is 0 Å². The summed E-state index contributed by atoms with van der Waals surface area (Å²) < 4.78 is 5.58. The second-order valence-electron chi connectivity index (χ2n) is 6.67. The molecular weight excluding hydrogens is 320 g/mol. The van der Waals surface area contributed by atoms with Gasteiger partial charge in [0.1, 0.15) is 11.3 Å². The van der Waals surface area contributed by atoms with Gasteiger partial charge in [0.05, 0.1) is 6.10 Å². The van der Waals surface area contributed by atoms with Gasteiger partial charge >= 0.3 is 6.03 Å². The molecule has 0 radical (unpaired) electrons. The van der Waals surface area contributed by atoms with Gasteiger partial charge in [0, 0.05) is 6.04 Å².